The van der Waals surface area contributed by atoms with Crippen molar-refractivity contribution in [2.75, 3.05) is 0 Å². The van der Waals surface area contributed by atoms with Crippen LogP contribution in [0.3, 0.4) is 0 Å². The number of carboxylic acid groups (broad SMARTS) is 1. The molecule has 0 aromatic carbocycles. The summed E-state index contributed by atoms with van der Waals surface area (Å²) in [5, 5.41) is 9.55. The summed E-state index contributed by atoms with van der Waals surface area (Å²) in [5.41, 5.74) is 1.22. The van der Waals surface area contributed by atoms with Crippen molar-refractivity contribution in [3.05, 3.63) is 15.6 Å². The first-order valence-electron chi connectivity index (χ1n) is 4.95. The molecule has 0 atom stereocenters. The Morgan fingerprint density at radius 1 is 1.43 bits per heavy atom. The van der Waals surface area contributed by atoms with Crippen molar-refractivity contribution in [2.45, 2.75) is 38.5 Å². The predicted octanol–water partition coefficient (Wildman–Crippen LogP) is 2.04. The molecule has 0 spiro atoms. The van der Waals surface area contributed by atoms with Crippen LogP contribution in [-0.4, -0.2) is 16.1 Å². The van der Waals surface area contributed by atoms with E-state index >= 15 is 0 Å². The molecular weight excluding hydrogens is 198 g/mol. The predicted molar refractivity (Wildman–Crippen MR) is 54.7 cm³/mol. The third-order valence-corrected chi connectivity index (χ3v) is 3.66. The number of rotatable bonds is 3. The number of fused-ring (bicyclic) bond motifs is 1. The average Bonchev–Trinajstić information content (AvgIpc) is 2.57. The molecule has 2 rings (SSSR count). The quantitative estimate of drug-likeness (QED) is 0.832. The minimum absolute atomic E-state index is 0.201. The maximum atomic E-state index is 10.4. The smallest absolute Gasteiger partial charge is 0.303 e. The van der Waals surface area contributed by atoms with Crippen LogP contribution < -0.4 is 0 Å². The second kappa shape index (κ2) is 4.09. The molecule has 1 aliphatic rings. The van der Waals surface area contributed by atoms with Crippen molar-refractivity contribution in [2.24, 2.45) is 0 Å². The maximum absolute atomic E-state index is 10.4. The molecule has 0 unspecified atom stereocenters. The number of thiazole rings is 1. The number of aliphatic carboxylic acids is 1. The SMILES string of the molecule is O=C(O)CCc1nc2c(s1)CCCC2. The van der Waals surface area contributed by atoms with Crippen molar-refractivity contribution in [3.63, 3.8) is 0 Å². The van der Waals surface area contributed by atoms with Gasteiger partial charge in [0.1, 0.15) is 0 Å². The zero-order valence-electron chi connectivity index (χ0n) is 7.95. The highest BCUT2D eigenvalue weighted by Gasteiger charge is 2.15. The lowest BCUT2D eigenvalue weighted by atomic mass is 10.0. The topological polar surface area (TPSA) is 50.2 Å². The van der Waals surface area contributed by atoms with Crippen LogP contribution in [0.1, 0.15) is 34.8 Å². The number of hydrogen-bond donors (Lipinski definition) is 1. The van der Waals surface area contributed by atoms with Gasteiger partial charge in [-0.25, -0.2) is 4.98 Å². The molecule has 1 aromatic heterocycles. The molecule has 0 amide bonds. The van der Waals surface area contributed by atoms with E-state index in [1.54, 1.807) is 11.3 Å². The summed E-state index contributed by atoms with van der Waals surface area (Å²) >= 11 is 1.70. The summed E-state index contributed by atoms with van der Waals surface area (Å²) in [6.07, 6.45) is 5.50. The summed E-state index contributed by atoms with van der Waals surface area (Å²) in [6, 6.07) is 0. The second-order valence-corrected chi connectivity index (χ2v) is 4.75. The number of carbonyl (C=O) groups is 1. The van der Waals surface area contributed by atoms with Crippen LogP contribution in [0.25, 0.3) is 0 Å². The summed E-state index contributed by atoms with van der Waals surface area (Å²) in [4.78, 5) is 16.3. The minimum atomic E-state index is -0.738. The van der Waals surface area contributed by atoms with E-state index in [1.165, 1.54) is 23.4 Å². The maximum Gasteiger partial charge on any atom is 0.303 e. The third kappa shape index (κ3) is 2.12. The van der Waals surface area contributed by atoms with E-state index in [0.29, 0.717) is 6.42 Å². The lowest BCUT2D eigenvalue weighted by Gasteiger charge is -2.06. The molecule has 0 radical (unpaired) electrons. The van der Waals surface area contributed by atoms with Gasteiger partial charge in [-0.1, -0.05) is 0 Å². The Hall–Kier alpha value is -0.900. The molecule has 0 aliphatic heterocycles. The normalized spacial score (nSPS) is 15.1. The van der Waals surface area contributed by atoms with Gasteiger partial charge in [0.05, 0.1) is 17.1 Å². The largest absolute Gasteiger partial charge is 0.481 e. The number of aromatic nitrogens is 1. The van der Waals surface area contributed by atoms with Crippen LogP contribution in [0.4, 0.5) is 0 Å². The lowest BCUT2D eigenvalue weighted by molar-refractivity contribution is -0.136. The fraction of sp³-hybridized carbons (Fsp3) is 0.600. The van der Waals surface area contributed by atoms with E-state index in [4.69, 9.17) is 5.11 Å². The van der Waals surface area contributed by atoms with Gasteiger partial charge in [-0.15, -0.1) is 11.3 Å². The monoisotopic (exact) mass is 211 g/mol. The van der Waals surface area contributed by atoms with Crippen molar-refractivity contribution in [1.29, 1.82) is 0 Å². The summed E-state index contributed by atoms with van der Waals surface area (Å²) < 4.78 is 0. The molecule has 0 saturated heterocycles. The average molecular weight is 211 g/mol. The van der Waals surface area contributed by atoms with Crippen LogP contribution in [0.5, 0.6) is 0 Å². The molecule has 0 bridgehead atoms. The lowest BCUT2D eigenvalue weighted by Crippen LogP contribution is -1.99. The van der Waals surface area contributed by atoms with Gasteiger partial charge in [-0.3, -0.25) is 4.79 Å². The highest BCUT2D eigenvalue weighted by Crippen LogP contribution is 2.27. The Morgan fingerprint density at radius 2 is 2.21 bits per heavy atom. The Labute approximate surface area is 86.8 Å². The summed E-state index contributed by atoms with van der Waals surface area (Å²) in [6.45, 7) is 0. The first kappa shape index (κ1) is 9.65. The number of hydrogen-bond acceptors (Lipinski definition) is 3. The van der Waals surface area contributed by atoms with E-state index in [-0.39, 0.29) is 6.42 Å². The molecule has 1 aromatic rings. The van der Waals surface area contributed by atoms with Crippen LogP contribution in [-0.2, 0) is 24.1 Å². The van der Waals surface area contributed by atoms with E-state index in [1.807, 2.05) is 0 Å². The highest BCUT2D eigenvalue weighted by molar-refractivity contribution is 7.11. The Kier molecular flexibility index (Phi) is 2.82. The van der Waals surface area contributed by atoms with Gasteiger partial charge in [0.25, 0.3) is 0 Å². The van der Waals surface area contributed by atoms with Crippen molar-refractivity contribution in [3.8, 4) is 0 Å². The molecule has 1 aliphatic carbocycles. The van der Waals surface area contributed by atoms with E-state index in [2.05, 4.69) is 4.98 Å². The summed E-state index contributed by atoms with van der Waals surface area (Å²) in [7, 11) is 0. The van der Waals surface area contributed by atoms with Gasteiger partial charge in [0, 0.05) is 11.3 Å². The van der Waals surface area contributed by atoms with E-state index < -0.39 is 5.97 Å². The molecule has 1 heterocycles. The molecule has 4 heteroatoms. The Morgan fingerprint density at radius 3 is 2.93 bits per heavy atom. The van der Waals surface area contributed by atoms with Gasteiger partial charge >= 0.3 is 5.97 Å². The van der Waals surface area contributed by atoms with Gasteiger partial charge in [-0.2, -0.15) is 0 Å². The van der Waals surface area contributed by atoms with Crippen LogP contribution >= 0.6 is 11.3 Å². The summed E-state index contributed by atoms with van der Waals surface area (Å²) in [5.74, 6) is -0.738. The Balaban J connectivity index is 2.04. The van der Waals surface area contributed by atoms with Crippen LogP contribution in [0.15, 0.2) is 0 Å². The molecule has 3 nitrogen and oxygen atoms in total. The second-order valence-electron chi connectivity index (χ2n) is 3.58. The van der Waals surface area contributed by atoms with Crippen molar-refractivity contribution < 1.29 is 9.90 Å². The number of aryl methyl sites for hydroxylation is 3. The standard InChI is InChI=1S/C10H13NO2S/c12-10(13)6-5-9-11-7-3-1-2-4-8(7)14-9/h1-6H2,(H,12,13). The minimum Gasteiger partial charge on any atom is -0.481 e. The molecule has 14 heavy (non-hydrogen) atoms. The van der Waals surface area contributed by atoms with Gasteiger partial charge in [0.15, 0.2) is 0 Å². The van der Waals surface area contributed by atoms with Gasteiger partial charge in [0.2, 0.25) is 0 Å². The van der Waals surface area contributed by atoms with E-state index in [0.717, 1.165) is 17.8 Å². The highest BCUT2D eigenvalue weighted by atomic mass is 32.1. The van der Waals surface area contributed by atoms with Crippen molar-refractivity contribution >= 4 is 17.3 Å². The Bertz CT molecular complexity index is 322. The number of nitrogens with zero attached hydrogens (tertiary/aromatic N) is 1. The molecule has 0 fully saturated rings. The first-order valence-corrected chi connectivity index (χ1v) is 5.76. The fourth-order valence-electron chi connectivity index (χ4n) is 1.73. The number of carboxylic acids is 1. The van der Waals surface area contributed by atoms with Crippen molar-refractivity contribution in [1.82, 2.24) is 4.98 Å². The zero-order valence-corrected chi connectivity index (χ0v) is 8.77. The molecule has 76 valence electrons. The van der Waals surface area contributed by atoms with E-state index in [9.17, 15) is 4.79 Å². The first-order chi connectivity index (χ1) is 6.75. The molecule has 0 saturated carbocycles. The van der Waals surface area contributed by atoms with Gasteiger partial charge < -0.3 is 5.11 Å². The van der Waals surface area contributed by atoms with Crippen LogP contribution in [0.2, 0.25) is 0 Å². The zero-order chi connectivity index (χ0) is 9.97. The third-order valence-electron chi connectivity index (χ3n) is 2.44. The molecular formula is C10H13NO2S. The fourth-order valence-corrected chi connectivity index (χ4v) is 2.88. The molecule has 1 N–H and O–H groups in total. The van der Waals surface area contributed by atoms with Crippen LogP contribution in [0, 0.1) is 0 Å². The van der Waals surface area contributed by atoms with Gasteiger partial charge in [-0.05, 0) is 25.7 Å².